The highest BCUT2D eigenvalue weighted by atomic mass is 19.3. The van der Waals surface area contributed by atoms with E-state index in [-0.39, 0.29) is 13.2 Å². The SMILES string of the molecule is CCOC(=O)C(F)(F)C(O)[C@H]1COC2(CCCCC2)O1. The molecule has 20 heavy (non-hydrogen) atoms. The fourth-order valence-electron chi connectivity index (χ4n) is 2.67. The second-order valence-corrected chi connectivity index (χ2v) is 5.23. The van der Waals surface area contributed by atoms with Gasteiger partial charge in [0, 0.05) is 12.8 Å². The standard InChI is InChI=1S/C13H20F2O5/c1-2-18-11(17)13(14,15)10(16)9-8-19-12(20-9)6-4-3-5-7-12/h9-10,16H,2-8H2,1H3/t9-,10?/m1/s1. The largest absolute Gasteiger partial charge is 0.461 e. The summed E-state index contributed by atoms with van der Waals surface area (Å²) in [5, 5.41) is 9.73. The average Bonchev–Trinajstić information content (AvgIpc) is 2.82. The molecular weight excluding hydrogens is 274 g/mol. The van der Waals surface area contributed by atoms with E-state index in [4.69, 9.17) is 9.47 Å². The van der Waals surface area contributed by atoms with Crippen LogP contribution in [0, 0.1) is 0 Å². The summed E-state index contributed by atoms with van der Waals surface area (Å²) < 4.78 is 42.8. The van der Waals surface area contributed by atoms with E-state index in [0.717, 1.165) is 19.3 Å². The zero-order chi connectivity index (χ0) is 14.8. The average molecular weight is 294 g/mol. The summed E-state index contributed by atoms with van der Waals surface area (Å²) in [6.07, 6.45) is 0.632. The van der Waals surface area contributed by atoms with Gasteiger partial charge in [-0.25, -0.2) is 4.79 Å². The van der Waals surface area contributed by atoms with E-state index < -0.39 is 29.9 Å². The minimum atomic E-state index is -4.00. The van der Waals surface area contributed by atoms with Crippen LogP contribution in [-0.2, 0) is 19.0 Å². The van der Waals surface area contributed by atoms with E-state index in [1.807, 2.05) is 0 Å². The molecule has 1 unspecified atom stereocenters. The summed E-state index contributed by atoms with van der Waals surface area (Å²) in [6, 6.07) is 0. The van der Waals surface area contributed by atoms with Crippen LogP contribution in [0.5, 0.6) is 0 Å². The maximum Gasteiger partial charge on any atom is 0.379 e. The number of hydrogen-bond donors (Lipinski definition) is 1. The van der Waals surface area contributed by atoms with Crippen molar-refractivity contribution in [3.05, 3.63) is 0 Å². The Labute approximate surface area is 116 Å². The van der Waals surface area contributed by atoms with E-state index in [1.165, 1.54) is 6.92 Å². The number of rotatable bonds is 4. The highest BCUT2D eigenvalue weighted by Gasteiger charge is 2.56. The molecule has 0 aromatic carbocycles. The number of halogens is 2. The Bertz CT molecular complexity index is 355. The van der Waals surface area contributed by atoms with Gasteiger partial charge in [-0.3, -0.25) is 0 Å². The molecule has 1 aliphatic carbocycles. The van der Waals surface area contributed by atoms with Crippen molar-refractivity contribution in [2.75, 3.05) is 13.2 Å². The van der Waals surface area contributed by atoms with E-state index in [0.29, 0.717) is 12.8 Å². The molecule has 2 fully saturated rings. The molecule has 116 valence electrons. The van der Waals surface area contributed by atoms with Gasteiger partial charge in [0.1, 0.15) is 6.10 Å². The third-order valence-corrected chi connectivity index (χ3v) is 3.76. The minimum absolute atomic E-state index is 0.143. The van der Waals surface area contributed by atoms with Crippen molar-refractivity contribution in [2.24, 2.45) is 0 Å². The maximum absolute atomic E-state index is 13.7. The molecule has 1 aliphatic heterocycles. The minimum Gasteiger partial charge on any atom is -0.461 e. The van der Waals surface area contributed by atoms with E-state index in [2.05, 4.69) is 4.74 Å². The third kappa shape index (κ3) is 2.94. The highest BCUT2D eigenvalue weighted by molar-refractivity contribution is 5.78. The molecule has 1 saturated heterocycles. The molecule has 5 nitrogen and oxygen atoms in total. The summed E-state index contributed by atoms with van der Waals surface area (Å²) in [5.74, 6) is -6.60. The van der Waals surface area contributed by atoms with Crippen LogP contribution in [0.1, 0.15) is 39.0 Å². The fraction of sp³-hybridized carbons (Fsp3) is 0.923. The van der Waals surface area contributed by atoms with Gasteiger partial charge in [-0.2, -0.15) is 8.78 Å². The van der Waals surface area contributed by atoms with Gasteiger partial charge < -0.3 is 19.3 Å². The van der Waals surface area contributed by atoms with Crippen molar-refractivity contribution in [1.29, 1.82) is 0 Å². The van der Waals surface area contributed by atoms with E-state index >= 15 is 0 Å². The number of esters is 1. The van der Waals surface area contributed by atoms with Crippen molar-refractivity contribution in [3.63, 3.8) is 0 Å². The van der Waals surface area contributed by atoms with Crippen molar-refractivity contribution >= 4 is 5.97 Å². The maximum atomic E-state index is 13.7. The Balaban J connectivity index is 1.99. The predicted molar refractivity (Wildman–Crippen MR) is 64.2 cm³/mol. The lowest BCUT2D eigenvalue weighted by Crippen LogP contribution is -2.50. The lowest BCUT2D eigenvalue weighted by atomic mass is 9.94. The quantitative estimate of drug-likeness (QED) is 0.798. The molecule has 1 saturated carbocycles. The topological polar surface area (TPSA) is 65.0 Å². The zero-order valence-corrected chi connectivity index (χ0v) is 11.4. The molecule has 7 heteroatoms. The number of hydrogen-bond acceptors (Lipinski definition) is 5. The monoisotopic (exact) mass is 294 g/mol. The van der Waals surface area contributed by atoms with E-state index in [1.54, 1.807) is 0 Å². The normalized spacial score (nSPS) is 27.5. The number of carbonyl (C=O) groups excluding carboxylic acids is 1. The fourth-order valence-corrected chi connectivity index (χ4v) is 2.67. The Morgan fingerprint density at radius 3 is 2.70 bits per heavy atom. The van der Waals surface area contributed by atoms with Gasteiger partial charge in [-0.1, -0.05) is 6.42 Å². The summed E-state index contributed by atoms with van der Waals surface area (Å²) in [5.41, 5.74) is 0. The molecule has 2 atom stereocenters. The number of aliphatic hydroxyl groups excluding tert-OH is 1. The van der Waals surface area contributed by atoms with Crippen LogP contribution in [0.4, 0.5) is 8.78 Å². The number of ether oxygens (including phenoxy) is 3. The van der Waals surface area contributed by atoms with Gasteiger partial charge in [0.15, 0.2) is 11.9 Å². The van der Waals surface area contributed by atoms with Gasteiger partial charge in [0.25, 0.3) is 0 Å². The lowest BCUT2D eigenvalue weighted by molar-refractivity contribution is -0.223. The molecular formula is C13H20F2O5. The molecule has 0 amide bonds. The Kier molecular flexibility index (Phi) is 4.61. The first-order valence-electron chi connectivity index (χ1n) is 6.96. The molecule has 0 radical (unpaired) electrons. The van der Waals surface area contributed by atoms with Crippen LogP contribution in [0.15, 0.2) is 0 Å². The van der Waals surface area contributed by atoms with Crippen LogP contribution in [-0.4, -0.2) is 48.2 Å². The van der Waals surface area contributed by atoms with Crippen LogP contribution in [0.3, 0.4) is 0 Å². The Morgan fingerprint density at radius 1 is 1.45 bits per heavy atom. The second-order valence-electron chi connectivity index (χ2n) is 5.23. The van der Waals surface area contributed by atoms with Crippen molar-refractivity contribution in [3.8, 4) is 0 Å². The molecule has 2 rings (SSSR count). The molecule has 1 spiro atoms. The number of alkyl halides is 2. The van der Waals surface area contributed by atoms with Crippen LogP contribution < -0.4 is 0 Å². The van der Waals surface area contributed by atoms with Crippen LogP contribution in [0.2, 0.25) is 0 Å². The molecule has 0 bridgehead atoms. The van der Waals surface area contributed by atoms with Crippen LogP contribution >= 0.6 is 0 Å². The first-order chi connectivity index (χ1) is 9.41. The van der Waals surface area contributed by atoms with E-state index in [9.17, 15) is 18.7 Å². The summed E-state index contributed by atoms with van der Waals surface area (Å²) in [4.78, 5) is 11.2. The molecule has 1 N–H and O–H groups in total. The number of aliphatic hydroxyl groups is 1. The molecule has 1 heterocycles. The van der Waals surface area contributed by atoms with Crippen molar-refractivity contribution in [2.45, 2.75) is 62.9 Å². The third-order valence-electron chi connectivity index (χ3n) is 3.76. The molecule has 0 aromatic heterocycles. The molecule has 2 aliphatic rings. The second kappa shape index (κ2) is 5.91. The highest BCUT2D eigenvalue weighted by Crippen LogP contribution is 2.40. The predicted octanol–water partition coefficient (Wildman–Crippen LogP) is 1.62. The van der Waals surface area contributed by atoms with Crippen molar-refractivity contribution in [1.82, 2.24) is 0 Å². The van der Waals surface area contributed by atoms with Gasteiger partial charge in [-0.15, -0.1) is 0 Å². The summed E-state index contributed by atoms with van der Waals surface area (Å²) >= 11 is 0. The Morgan fingerprint density at radius 2 is 2.10 bits per heavy atom. The van der Waals surface area contributed by atoms with Gasteiger partial charge in [-0.05, 0) is 19.8 Å². The van der Waals surface area contributed by atoms with Crippen molar-refractivity contribution < 1.29 is 32.9 Å². The Hall–Kier alpha value is -0.790. The summed E-state index contributed by atoms with van der Waals surface area (Å²) in [7, 11) is 0. The number of carbonyl (C=O) groups is 1. The van der Waals surface area contributed by atoms with Crippen LogP contribution in [0.25, 0.3) is 0 Å². The lowest BCUT2D eigenvalue weighted by Gasteiger charge is -2.32. The zero-order valence-electron chi connectivity index (χ0n) is 11.4. The first kappa shape index (κ1) is 15.6. The molecule has 0 aromatic rings. The first-order valence-corrected chi connectivity index (χ1v) is 6.96. The van der Waals surface area contributed by atoms with Gasteiger partial charge in [0.05, 0.1) is 13.2 Å². The van der Waals surface area contributed by atoms with Gasteiger partial charge in [0.2, 0.25) is 0 Å². The summed E-state index contributed by atoms with van der Waals surface area (Å²) in [6.45, 7) is 1.11. The smallest absolute Gasteiger partial charge is 0.379 e. The van der Waals surface area contributed by atoms with Gasteiger partial charge >= 0.3 is 11.9 Å².